The Morgan fingerprint density at radius 3 is 2.24 bits per heavy atom. The van der Waals surface area contributed by atoms with Crippen molar-refractivity contribution in [3.63, 3.8) is 0 Å². The molecule has 1 atom stereocenters. The number of rotatable bonds is 4. The van der Waals surface area contributed by atoms with Crippen LogP contribution in [0.4, 0.5) is 0 Å². The van der Waals surface area contributed by atoms with E-state index in [0.717, 1.165) is 16.9 Å². The SMILES string of the molecule is COc1ccc([C@@H](O)Cc2ccccc2)cc1. The Hall–Kier alpha value is -1.80. The third-order valence-corrected chi connectivity index (χ3v) is 2.77. The smallest absolute Gasteiger partial charge is 0.118 e. The van der Waals surface area contributed by atoms with E-state index in [-0.39, 0.29) is 0 Å². The zero-order valence-electron chi connectivity index (χ0n) is 9.84. The van der Waals surface area contributed by atoms with Gasteiger partial charge in [0.05, 0.1) is 13.2 Å². The second-order valence-electron chi connectivity index (χ2n) is 3.98. The van der Waals surface area contributed by atoms with E-state index in [1.165, 1.54) is 0 Å². The lowest BCUT2D eigenvalue weighted by molar-refractivity contribution is 0.178. The monoisotopic (exact) mass is 228 g/mol. The molecule has 0 radical (unpaired) electrons. The van der Waals surface area contributed by atoms with Crippen LogP contribution < -0.4 is 4.74 Å². The molecule has 0 saturated heterocycles. The summed E-state index contributed by atoms with van der Waals surface area (Å²) in [4.78, 5) is 0. The van der Waals surface area contributed by atoms with Gasteiger partial charge in [-0.2, -0.15) is 0 Å². The molecule has 0 heterocycles. The molecule has 2 rings (SSSR count). The lowest BCUT2D eigenvalue weighted by Crippen LogP contribution is -2.01. The van der Waals surface area contributed by atoms with Crippen molar-refractivity contribution in [2.75, 3.05) is 7.11 Å². The van der Waals surface area contributed by atoms with Gasteiger partial charge in [-0.3, -0.25) is 0 Å². The van der Waals surface area contributed by atoms with Gasteiger partial charge in [0.2, 0.25) is 0 Å². The molecule has 0 saturated carbocycles. The zero-order valence-corrected chi connectivity index (χ0v) is 9.84. The average Bonchev–Trinajstić information content (AvgIpc) is 2.40. The van der Waals surface area contributed by atoms with Gasteiger partial charge in [0.15, 0.2) is 0 Å². The molecule has 2 aromatic rings. The molecular weight excluding hydrogens is 212 g/mol. The van der Waals surface area contributed by atoms with Crippen LogP contribution in [-0.4, -0.2) is 12.2 Å². The third-order valence-electron chi connectivity index (χ3n) is 2.77. The van der Waals surface area contributed by atoms with E-state index in [4.69, 9.17) is 4.74 Å². The zero-order chi connectivity index (χ0) is 12.1. The molecule has 0 aliphatic heterocycles. The van der Waals surface area contributed by atoms with Crippen molar-refractivity contribution < 1.29 is 9.84 Å². The van der Waals surface area contributed by atoms with Crippen LogP contribution in [0.15, 0.2) is 54.6 Å². The summed E-state index contributed by atoms with van der Waals surface area (Å²) in [5.74, 6) is 0.806. The lowest BCUT2D eigenvalue weighted by Gasteiger charge is -2.11. The predicted molar refractivity (Wildman–Crippen MR) is 68.1 cm³/mol. The normalized spacial score (nSPS) is 12.1. The van der Waals surface area contributed by atoms with Gasteiger partial charge in [-0.15, -0.1) is 0 Å². The van der Waals surface area contributed by atoms with Crippen molar-refractivity contribution in [1.82, 2.24) is 0 Å². The van der Waals surface area contributed by atoms with Crippen LogP contribution in [-0.2, 0) is 6.42 Å². The Morgan fingerprint density at radius 1 is 1.00 bits per heavy atom. The maximum Gasteiger partial charge on any atom is 0.118 e. The van der Waals surface area contributed by atoms with Crippen molar-refractivity contribution >= 4 is 0 Å². The first-order valence-electron chi connectivity index (χ1n) is 5.65. The molecule has 2 heteroatoms. The summed E-state index contributed by atoms with van der Waals surface area (Å²) in [6.07, 6.45) is 0.163. The topological polar surface area (TPSA) is 29.5 Å². The maximum absolute atomic E-state index is 10.1. The van der Waals surface area contributed by atoms with Crippen LogP contribution in [0.5, 0.6) is 5.75 Å². The van der Waals surface area contributed by atoms with Crippen LogP contribution >= 0.6 is 0 Å². The molecule has 0 spiro atoms. The van der Waals surface area contributed by atoms with Crippen molar-refractivity contribution in [3.8, 4) is 5.75 Å². The minimum atomic E-state index is -0.469. The van der Waals surface area contributed by atoms with Gasteiger partial charge in [-0.1, -0.05) is 42.5 Å². The molecule has 0 aliphatic rings. The van der Waals surface area contributed by atoms with Crippen molar-refractivity contribution in [1.29, 1.82) is 0 Å². The van der Waals surface area contributed by atoms with Gasteiger partial charge in [-0.25, -0.2) is 0 Å². The Balaban J connectivity index is 2.06. The number of methoxy groups -OCH3 is 1. The van der Waals surface area contributed by atoms with E-state index in [9.17, 15) is 5.11 Å². The maximum atomic E-state index is 10.1. The van der Waals surface area contributed by atoms with Gasteiger partial charge in [0, 0.05) is 6.42 Å². The summed E-state index contributed by atoms with van der Waals surface area (Å²) in [5.41, 5.74) is 2.05. The molecule has 0 aliphatic carbocycles. The fraction of sp³-hybridized carbons (Fsp3) is 0.200. The Morgan fingerprint density at radius 2 is 1.65 bits per heavy atom. The summed E-state index contributed by atoms with van der Waals surface area (Å²) in [5, 5.41) is 10.1. The number of hydrogen-bond acceptors (Lipinski definition) is 2. The number of aliphatic hydroxyl groups is 1. The molecule has 0 bridgehead atoms. The Bertz CT molecular complexity index is 448. The minimum absolute atomic E-state index is 0.469. The quantitative estimate of drug-likeness (QED) is 0.871. The number of aliphatic hydroxyl groups excluding tert-OH is 1. The van der Waals surface area contributed by atoms with Crippen LogP contribution in [0.25, 0.3) is 0 Å². The van der Waals surface area contributed by atoms with Crippen LogP contribution in [0.3, 0.4) is 0 Å². The Labute approximate surface area is 101 Å². The highest BCUT2D eigenvalue weighted by atomic mass is 16.5. The summed E-state index contributed by atoms with van der Waals surface area (Å²) in [6, 6.07) is 17.5. The van der Waals surface area contributed by atoms with Crippen molar-refractivity contribution in [2.24, 2.45) is 0 Å². The fourth-order valence-electron chi connectivity index (χ4n) is 1.78. The van der Waals surface area contributed by atoms with Gasteiger partial charge in [0.25, 0.3) is 0 Å². The van der Waals surface area contributed by atoms with Crippen LogP contribution in [0.1, 0.15) is 17.2 Å². The molecular formula is C15H16O2. The van der Waals surface area contributed by atoms with Crippen LogP contribution in [0.2, 0.25) is 0 Å². The van der Waals surface area contributed by atoms with Gasteiger partial charge < -0.3 is 9.84 Å². The molecule has 0 aromatic heterocycles. The van der Waals surface area contributed by atoms with Gasteiger partial charge >= 0.3 is 0 Å². The van der Waals surface area contributed by atoms with Gasteiger partial charge in [-0.05, 0) is 23.3 Å². The largest absolute Gasteiger partial charge is 0.497 e. The van der Waals surface area contributed by atoms with E-state index in [2.05, 4.69) is 0 Å². The number of benzene rings is 2. The summed E-state index contributed by atoms with van der Waals surface area (Å²) >= 11 is 0. The van der Waals surface area contributed by atoms with Crippen molar-refractivity contribution in [3.05, 3.63) is 65.7 Å². The first kappa shape index (κ1) is 11.7. The molecule has 0 unspecified atom stereocenters. The first-order chi connectivity index (χ1) is 8.29. The highest BCUT2D eigenvalue weighted by Gasteiger charge is 2.08. The predicted octanol–water partition coefficient (Wildman–Crippen LogP) is 2.97. The van der Waals surface area contributed by atoms with E-state index >= 15 is 0 Å². The standard InChI is InChI=1S/C15H16O2/c1-17-14-9-7-13(8-10-14)15(16)11-12-5-3-2-4-6-12/h2-10,15-16H,11H2,1H3/t15-/m0/s1. The van der Waals surface area contributed by atoms with Crippen molar-refractivity contribution in [2.45, 2.75) is 12.5 Å². The molecule has 17 heavy (non-hydrogen) atoms. The second kappa shape index (κ2) is 5.51. The molecule has 1 N–H and O–H groups in total. The molecule has 2 nitrogen and oxygen atoms in total. The average molecular weight is 228 g/mol. The van der Waals surface area contributed by atoms with E-state index in [0.29, 0.717) is 6.42 Å². The Kier molecular flexibility index (Phi) is 3.78. The van der Waals surface area contributed by atoms with E-state index in [1.807, 2.05) is 54.6 Å². The number of hydrogen-bond donors (Lipinski definition) is 1. The molecule has 2 aromatic carbocycles. The number of ether oxygens (including phenoxy) is 1. The second-order valence-corrected chi connectivity index (χ2v) is 3.98. The lowest BCUT2D eigenvalue weighted by atomic mass is 10.0. The first-order valence-corrected chi connectivity index (χ1v) is 5.65. The highest BCUT2D eigenvalue weighted by molar-refractivity contribution is 5.29. The van der Waals surface area contributed by atoms with E-state index in [1.54, 1.807) is 7.11 Å². The minimum Gasteiger partial charge on any atom is -0.497 e. The molecule has 0 fully saturated rings. The summed E-state index contributed by atoms with van der Waals surface area (Å²) < 4.78 is 5.09. The summed E-state index contributed by atoms with van der Waals surface area (Å²) in [6.45, 7) is 0. The van der Waals surface area contributed by atoms with Crippen LogP contribution in [0, 0.1) is 0 Å². The third kappa shape index (κ3) is 3.08. The fourth-order valence-corrected chi connectivity index (χ4v) is 1.78. The van der Waals surface area contributed by atoms with E-state index < -0.39 is 6.10 Å². The highest BCUT2D eigenvalue weighted by Crippen LogP contribution is 2.20. The molecule has 88 valence electrons. The summed E-state index contributed by atoms with van der Waals surface area (Å²) in [7, 11) is 1.63. The molecule has 0 amide bonds. The van der Waals surface area contributed by atoms with Gasteiger partial charge in [0.1, 0.15) is 5.75 Å².